The molecular formula is C28H34N4O4. The van der Waals surface area contributed by atoms with E-state index < -0.39 is 0 Å². The van der Waals surface area contributed by atoms with Crippen molar-refractivity contribution in [3.05, 3.63) is 76.2 Å². The topological polar surface area (TPSA) is 87.9 Å². The number of para-hydroxylation sites is 1. The summed E-state index contributed by atoms with van der Waals surface area (Å²) in [7, 11) is 0. The molecule has 3 aromatic rings. The van der Waals surface area contributed by atoms with Crippen LogP contribution in [0.25, 0.3) is 0 Å². The number of aromatic nitrogens is 1. The molecule has 0 aliphatic carbocycles. The number of amides is 2. The van der Waals surface area contributed by atoms with Gasteiger partial charge in [-0.3, -0.25) is 14.5 Å². The molecule has 1 aliphatic rings. The Bertz CT molecular complexity index is 1170. The highest BCUT2D eigenvalue weighted by atomic mass is 16.5. The molecule has 0 radical (unpaired) electrons. The van der Waals surface area contributed by atoms with Gasteiger partial charge in [-0.05, 0) is 56.5 Å². The molecule has 2 heterocycles. The lowest BCUT2D eigenvalue weighted by Gasteiger charge is -2.34. The van der Waals surface area contributed by atoms with Gasteiger partial charge in [0, 0.05) is 31.9 Å². The molecule has 2 aromatic carbocycles. The standard InChI is InChI=1S/C28H34N4O4/c1-19-6-5-7-20(2)28(19)29-26(33)17-31-12-14-32(15-13-31)27(34)16-23-8-10-24(11-9-23)35-18-25-21(3)30-36-22(25)4/h5-11H,12-18H2,1-4H3,(H,29,33). The molecule has 0 bridgehead atoms. The van der Waals surface area contributed by atoms with Gasteiger partial charge in [-0.2, -0.15) is 0 Å². The molecule has 2 amide bonds. The van der Waals surface area contributed by atoms with Crippen LogP contribution in [0.2, 0.25) is 0 Å². The first-order valence-corrected chi connectivity index (χ1v) is 12.3. The quantitative estimate of drug-likeness (QED) is 0.517. The van der Waals surface area contributed by atoms with Crippen molar-refractivity contribution in [3.8, 4) is 5.75 Å². The van der Waals surface area contributed by atoms with Crippen molar-refractivity contribution in [2.45, 2.75) is 40.7 Å². The third-order valence-corrected chi connectivity index (χ3v) is 6.68. The molecule has 190 valence electrons. The average molecular weight is 491 g/mol. The number of aryl methyl sites for hydroxylation is 4. The molecule has 0 unspecified atom stereocenters. The fourth-order valence-electron chi connectivity index (χ4n) is 4.40. The zero-order valence-electron chi connectivity index (χ0n) is 21.5. The van der Waals surface area contributed by atoms with Crippen LogP contribution in [-0.2, 0) is 22.6 Å². The number of nitrogens with one attached hydrogen (secondary N) is 1. The van der Waals surface area contributed by atoms with Gasteiger partial charge in [-0.25, -0.2) is 0 Å². The highest BCUT2D eigenvalue weighted by Gasteiger charge is 2.23. The summed E-state index contributed by atoms with van der Waals surface area (Å²) in [6.45, 7) is 11.1. The first-order valence-electron chi connectivity index (χ1n) is 12.3. The Morgan fingerprint density at radius 3 is 2.25 bits per heavy atom. The lowest BCUT2D eigenvalue weighted by molar-refractivity contribution is -0.132. The highest BCUT2D eigenvalue weighted by Crippen LogP contribution is 2.20. The number of piperazine rings is 1. The van der Waals surface area contributed by atoms with E-state index in [-0.39, 0.29) is 11.8 Å². The summed E-state index contributed by atoms with van der Waals surface area (Å²) in [6, 6.07) is 13.6. The SMILES string of the molecule is Cc1cccc(C)c1NC(=O)CN1CCN(C(=O)Cc2ccc(OCc3c(C)noc3C)cc2)CC1. The zero-order valence-corrected chi connectivity index (χ0v) is 21.5. The minimum atomic E-state index is -0.0242. The first-order chi connectivity index (χ1) is 17.3. The van der Waals surface area contributed by atoms with Crippen molar-refractivity contribution in [2.75, 3.05) is 38.0 Å². The van der Waals surface area contributed by atoms with Gasteiger partial charge in [0.05, 0.1) is 24.2 Å². The largest absolute Gasteiger partial charge is 0.489 e. The predicted octanol–water partition coefficient (Wildman–Crippen LogP) is 3.81. The molecule has 1 fully saturated rings. The van der Waals surface area contributed by atoms with Crippen LogP contribution >= 0.6 is 0 Å². The maximum absolute atomic E-state index is 12.8. The van der Waals surface area contributed by atoms with E-state index >= 15 is 0 Å². The van der Waals surface area contributed by atoms with Crippen molar-refractivity contribution in [1.82, 2.24) is 15.0 Å². The monoisotopic (exact) mass is 490 g/mol. The number of rotatable bonds is 8. The smallest absolute Gasteiger partial charge is 0.238 e. The van der Waals surface area contributed by atoms with Crippen LogP contribution in [0.1, 0.15) is 33.7 Å². The van der Waals surface area contributed by atoms with Gasteiger partial charge in [0.1, 0.15) is 18.1 Å². The van der Waals surface area contributed by atoms with Gasteiger partial charge in [0.2, 0.25) is 11.8 Å². The van der Waals surface area contributed by atoms with E-state index in [4.69, 9.17) is 9.26 Å². The van der Waals surface area contributed by atoms with E-state index in [0.717, 1.165) is 45.1 Å². The third kappa shape index (κ3) is 6.31. The lowest BCUT2D eigenvalue weighted by Crippen LogP contribution is -2.50. The van der Waals surface area contributed by atoms with E-state index in [1.54, 1.807) is 0 Å². The lowest BCUT2D eigenvalue weighted by atomic mass is 10.1. The molecule has 0 saturated carbocycles. The van der Waals surface area contributed by atoms with Crippen LogP contribution in [0.15, 0.2) is 47.0 Å². The number of carbonyl (C=O) groups is 2. The Balaban J connectivity index is 1.21. The third-order valence-electron chi connectivity index (χ3n) is 6.68. The van der Waals surface area contributed by atoms with Crippen molar-refractivity contribution >= 4 is 17.5 Å². The summed E-state index contributed by atoms with van der Waals surface area (Å²) in [4.78, 5) is 29.4. The van der Waals surface area contributed by atoms with Gasteiger partial charge in [-0.1, -0.05) is 35.5 Å². The normalized spacial score (nSPS) is 14.1. The maximum atomic E-state index is 12.8. The van der Waals surface area contributed by atoms with Crippen LogP contribution in [0.5, 0.6) is 5.75 Å². The fourth-order valence-corrected chi connectivity index (χ4v) is 4.40. The van der Waals surface area contributed by atoms with Crippen LogP contribution in [0.4, 0.5) is 5.69 Å². The number of ether oxygens (including phenoxy) is 1. The minimum absolute atomic E-state index is 0.0242. The van der Waals surface area contributed by atoms with Gasteiger partial charge in [-0.15, -0.1) is 0 Å². The van der Waals surface area contributed by atoms with Crippen molar-refractivity contribution < 1.29 is 18.8 Å². The van der Waals surface area contributed by atoms with Crippen molar-refractivity contribution in [1.29, 1.82) is 0 Å². The molecule has 1 aliphatic heterocycles. The first kappa shape index (κ1) is 25.4. The number of nitrogens with zero attached hydrogens (tertiary/aromatic N) is 3. The summed E-state index contributed by atoms with van der Waals surface area (Å²) in [5.74, 6) is 1.57. The molecule has 8 heteroatoms. The minimum Gasteiger partial charge on any atom is -0.489 e. The Kier molecular flexibility index (Phi) is 8.05. The Morgan fingerprint density at radius 2 is 1.64 bits per heavy atom. The second kappa shape index (κ2) is 11.4. The van der Waals surface area contributed by atoms with Gasteiger partial charge in [0.25, 0.3) is 0 Å². The molecule has 8 nitrogen and oxygen atoms in total. The second-order valence-corrected chi connectivity index (χ2v) is 9.38. The summed E-state index contributed by atoms with van der Waals surface area (Å²) >= 11 is 0. The van der Waals surface area contributed by atoms with Gasteiger partial charge < -0.3 is 19.5 Å². The Morgan fingerprint density at radius 1 is 0.972 bits per heavy atom. The molecule has 4 rings (SSSR count). The Hall–Kier alpha value is -3.65. The number of benzene rings is 2. The van der Waals surface area contributed by atoms with Crippen LogP contribution < -0.4 is 10.1 Å². The maximum Gasteiger partial charge on any atom is 0.238 e. The van der Waals surface area contributed by atoms with Crippen molar-refractivity contribution in [3.63, 3.8) is 0 Å². The predicted molar refractivity (Wildman–Crippen MR) is 138 cm³/mol. The van der Waals surface area contributed by atoms with Crippen LogP contribution in [-0.4, -0.2) is 59.5 Å². The number of hydrogen-bond acceptors (Lipinski definition) is 6. The summed E-state index contributed by atoms with van der Waals surface area (Å²) < 4.78 is 11.0. The number of carbonyl (C=O) groups excluding carboxylic acids is 2. The molecular weight excluding hydrogens is 456 g/mol. The molecule has 0 atom stereocenters. The van der Waals surface area contributed by atoms with E-state index in [2.05, 4.69) is 15.4 Å². The molecule has 0 spiro atoms. The summed E-state index contributed by atoms with van der Waals surface area (Å²) in [5.41, 5.74) is 5.72. The fraction of sp³-hybridized carbons (Fsp3) is 0.393. The summed E-state index contributed by atoms with van der Waals surface area (Å²) in [5, 5.41) is 6.98. The second-order valence-electron chi connectivity index (χ2n) is 9.38. The molecule has 1 saturated heterocycles. The van der Waals surface area contributed by atoms with E-state index in [1.807, 2.05) is 75.1 Å². The Labute approximate surface area is 212 Å². The van der Waals surface area contributed by atoms with Gasteiger partial charge in [0.15, 0.2) is 0 Å². The van der Waals surface area contributed by atoms with E-state index in [1.165, 1.54) is 0 Å². The molecule has 1 aromatic heterocycles. The number of anilines is 1. The molecule has 1 N–H and O–H groups in total. The van der Waals surface area contributed by atoms with Crippen molar-refractivity contribution in [2.24, 2.45) is 0 Å². The van der Waals surface area contributed by atoms with Gasteiger partial charge >= 0.3 is 0 Å². The number of hydrogen-bond donors (Lipinski definition) is 1. The molecule has 36 heavy (non-hydrogen) atoms. The van der Waals surface area contributed by atoms with Crippen LogP contribution in [0, 0.1) is 27.7 Å². The zero-order chi connectivity index (χ0) is 25.7. The van der Waals surface area contributed by atoms with E-state index in [9.17, 15) is 9.59 Å². The van der Waals surface area contributed by atoms with Crippen LogP contribution in [0.3, 0.4) is 0 Å². The highest BCUT2D eigenvalue weighted by molar-refractivity contribution is 5.93. The average Bonchev–Trinajstić information content (AvgIpc) is 3.18. The summed E-state index contributed by atoms with van der Waals surface area (Å²) in [6.07, 6.45) is 0.344. The van der Waals surface area contributed by atoms with E-state index in [0.29, 0.717) is 45.8 Å².